The lowest BCUT2D eigenvalue weighted by atomic mass is 10.2. The van der Waals surface area contributed by atoms with Gasteiger partial charge in [0, 0.05) is 36.2 Å². The Labute approximate surface area is 134 Å². The number of amides is 1. The first-order valence-electron chi connectivity index (χ1n) is 6.50. The van der Waals surface area contributed by atoms with Gasteiger partial charge in [-0.25, -0.2) is 4.72 Å². The minimum atomic E-state index is -3.50. The van der Waals surface area contributed by atoms with Crippen molar-refractivity contribution in [1.82, 2.24) is 14.3 Å². The summed E-state index contributed by atoms with van der Waals surface area (Å²) in [6.07, 6.45) is 0. The molecule has 0 radical (unpaired) electrons. The molecule has 0 saturated heterocycles. The monoisotopic (exact) mass is 377 g/mol. The van der Waals surface area contributed by atoms with Gasteiger partial charge in [0.05, 0.1) is 0 Å². The second-order valence-corrected chi connectivity index (χ2v) is 7.51. The van der Waals surface area contributed by atoms with Gasteiger partial charge in [0.25, 0.3) is 16.1 Å². The van der Waals surface area contributed by atoms with Crippen LogP contribution < -0.4 is 10.0 Å². The Morgan fingerprint density at radius 1 is 1.33 bits per heavy atom. The Bertz CT molecular complexity index is 590. The first kappa shape index (κ1) is 18.1. The van der Waals surface area contributed by atoms with Crippen molar-refractivity contribution in [1.29, 1.82) is 0 Å². The molecule has 0 aliphatic rings. The Balaban J connectivity index is 2.43. The third-order valence-corrected chi connectivity index (χ3v) is 5.13. The molecular weight excluding hydrogens is 358 g/mol. The van der Waals surface area contributed by atoms with Crippen LogP contribution in [-0.4, -0.2) is 44.8 Å². The summed E-state index contributed by atoms with van der Waals surface area (Å²) in [5, 5.41) is 2.66. The van der Waals surface area contributed by atoms with Gasteiger partial charge in [0.2, 0.25) is 0 Å². The van der Waals surface area contributed by atoms with E-state index in [-0.39, 0.29) is 25.0 Å². The number of hydrogen-bond donors (Lipinski definition) is 2. The van der Waals surface area contributed by atoms with Crippen molar-refractivity contribution in [2.24, 2.45) is 0 Å². The summed E-state index contributed by atoms with van der Waals surface area (Å²) in [6, 6.07) is 6.85. The van der Waals surface area contributed by atoms with Gasteiger partial charge in [0.15, 0.2) is 0 Å². The molecule has 2 N–H and O–H groups in total. The molecule has 0 aliphatic carbocycles. The van der Waals surface area contributed by atoms with Crippen molar-refractivity contribution >= 4 is 32.0 Å². The van der Waals surface area contributed by atoms with Gasteiger partial charge in [0.1, 0.15) is 0 Å². The molecule has 0 heterocycles. The molecule has 6 nitrogen and oxygen atoms in total. The molecule has 0 aliphatic heterocycles. The summed E-state index contributed by atoms with van der Waals surface area (Å²) in [5.41, 5.74) is 0.520. The van der Waals surface area contributed by atoms with Crippen molar-refractivity contribution in [3.63, 3.8) is 0 Å². The summed E-state index contributed by atoms with van der Waals surface area (Å²) in [4.78, 5) is 11.8. The lowest BCUT2D eigenvalue weighted by molar-refractivity contribution is 0.0954. The molecule has 0 saturated carbocycles. The van der Waals surface area contributed by atoms with Crippen LogP contribution in [0.3, 0.4) is 0 Å². The van der Waals surface area contributed by atoms with E-state index in [0.29, 0.717) is 5.56 Å². The first-order valence-corrected chi connectivity index (χ1v) is 8.73. The highest BCUT2D eigenvalue weighted by molar-refractivity contribution is 9.10. The SMILES string of the molecule is CC(C)N(C)S(=O)(=O)NCCNC(=O)c1cccc(Br)c1. The van der Waals surface area contributed by atoms with Crippen LogP contribution in [0.1, 0.15) is 24.2 Å². The molecule has 8 heteroatoms. The Hall–Kier alpha value is -0.960. The van der Waals surface area contributed by atoms with Gasteiger partial charge in [-0.3, -0.25) is 4.79 Å². The normalized spacial score (nSPS) is 11.9. The molecule has 1 amide bonds. The van der Waals surface area contributed by atoms with E-state index in [1.807, 2.05) is 6.07 Å². The Morgan fingerprint density at radius 2 is 2.00 bits per heavy atom. The zero-order chi connectivity index (χ0) is 16.0. The van der Waals surface area contributed by atoms with Crippen LogP contribution in [0.5, 0.6) is 0 Å². The maximum atomic E-state index is 11.8. The second-order valence-electron chi connectivity index (χ2n) is 4.78. The minimum Gasteiger partial charge on any atom is -0.351 e. The third-order valence-electron chi connectivity index (χ3n) is 2.89. The molecule has 0 aromatic heterocycles. The molecule has 1 aromatic rings. The minimum absolute atomic E-state index is 0.126. The maximum absolute atomic E-state index is 11.8. The summed E-state index contributed by atoms with van der Waals surface area (Å²) >= 11 is 3.29. The van der Waals surface area contributed by atoms with Gasteiger partial charge >= 0.3 is 0 Å². The summed E-state index contributed by atoms with van der Waals surface area (Å²) < 4.78 is 28.1. The van der Waals surface area contributed by atoms with Crippen molar-refractivity contribution in [3.05, 3.63) is 34.3 Å². The summed E-state index contributed by atoms with van der Waals surface area (Å²) in [5.74, 6) is -0.243. The largest absolute Gasteiger partial charge is 0.351 e. The van der Waals surface area contributed by atoms with Crippen LogP contribution in [0, 0.1) is 0 Å². The topological polar surface area (TPSA) is 78.5 Å². The number of nitrogens with zero attached hydrogens (tertiary/aromatic N) is 1. The number of halogens is 1. The van der Waals surface area contributed by atoms with Gasteiger partial charge in [-0.05, 0) is 32.0 Å². The van der Waals surface area contributed by atoms with Gasteiger partial charge in [-0.1, -0.05) is 22.0 Å². The van der Waals surface area contributed by atoms with Crippen molar-refractivity contribution < 1.29 is 13.2 Å². The number of hydrogen-bond acceptors (Lipinski definition) is 3. The van der Waals surface area contributed by atoms with Crippen LogP contribution in [-0.2, 0) is 10.2 Å². The second kappa shape index (κ2) is 7.88. The molecule has 21 heavy (non-hydrogen) atoms. The summed E-state index contributed by atoms with van der Waals surface area (Å²) in [7, 11) is -2.00. The number of carbonyl (C=O) groups is 1. The van der Waals surface area contributed by atoms with E-state index in [1.54, 1.807) is 32.0 Å². The van der Waals surface area contributed by atoms with E-state index in [9.17, 15) is 13.2 Å². The van der Waals surface area contributed by atoms with E-state index >= 15 is 0 Å². The zero-order valence-corrected chi connectivity index (χ0v) is 14.7. The molecular formula is C13H20BrN3O3S. The molecule has 1 rings (SSSR count). The fraction of sp³-hybridized carbons (Fsp3) is 0.462. The predicted octanol–water partition coefficient (Wildman–Crippen LogP) is 1.35. The predicted molar refractivity (Wildman–Crippen MR) is 86.3 cm³/mol. The molecule has 0 fully saturated rings. The third kappa shape index (κ3) is 5.74. The number of rotatable bonds is 7. The lowest BCUT2D eigenvalue weighted by Gasteiger charge is -2.21. The van der Waals surface area contributed by atoms with Crippen LogP contribution >= 0.6 is 15.9 Å². The number of carbonyl (C=O) groups excluding carboxylic acids is 1. The molecule has 0 spiro atoms. The van der Waals surface area contributed by atoms with Crippen LogP contribution in [0.4, 0.5) is 0 Å². The zero-order valence-electron chi connectivity index (χ0n) is 12.3. The number of benzene rings is 1. The molecule has 1 aromatic carbocycles. The van der Waals surface area contributed by atoms with E-state index in [1.165, 1.54) is 11.4 Å². The fourth-order valence-corrected chi connectivity index (χ4v) is 2.99. The van der Waals surface area contributed by atoms with Gasteiger partial charge < -0.3 is 5.32 Å². The highest BCUT2D eigenvalue weighted by Gasteiger charge is 2.19. The van der Waals surface area contributed by atoms with Gasteiger partial charge in [-0.2, -0.15) is 12.7 Å². The van der Waals surface area contributed by atoms with E-state index < -0.39 is 10.2 Å². The van der Waals surface area contributed by atoms with Crippen molar-refractivity contribution in [2.75, 3.05) is 20.1 Å². The molecule has 0 bridgehead atoms. The average Bonchev–Trinajstić information content (AvgIpc) is 2.42. The van der Waals surface area contributed by atoms with E-state index in [4.69, 9.17) is 0 Å². The molecule has 0 unspecified atom stereocenters. The van der Waals surface area contributed by atoms with Crippen LogP contribution in [0.2, 0.25) is 0 Å². The highest BCUT2D eigenvalue weighted by Crippen LogP contribution is 2.11. The maximum Gasteiger partial charge on any atom is 0.279 e. The first-order chi connectivity index (χ1) is 9.74. The van der Waals surface area contributed by atoms with Crippen molar-refractivity contribution in [2.45, 2.75) is 19.9 Å². The lowest BCUT2D eigenvalue weighted by Crippen LogP contribution is -2.44. The van der Waals surface area contributed by atoms with Crippen molar-refractivity contribution in [3.8, 4) is 0 Å². The smallest absolute Gasteiger partial charge is 0.279 e. The fourth-order valence-electron chi connectivity index (χ4n) is 1.47. The standard InChI is InChI=1S/C13H20BrN3O3S/c1-10(2)17(3)21(19,20)16-8-7-15-13(18)11-5-4-6-12(14)9-11/h4-6,9-10,16H,7-8H2,1-3H3,(H,15,18). The van der Waals surface area contributed by atoms with Crippen LogP contribution in [0.15, 0.2) is 28.7 Å². The summed E-state index contributed by atoms with van der Waals surface area (Å²) in [6.45, 7) is 3.93. The van der Waals surface area contributed by atoms with E-state index in [2.05, 4.69) is 26.0 Å². The van der Waals surface area contributed by atoms with Crippen LogP contribution in [0.25, 0.3) is 0 Å². The quantitative estimate of drug-likeness (QED) is 0.704. The highest BCUT2D eigenvalue weighted by atomic mass is 79.9. The molecule has 0 atom stereocenters. The van der Waals surface area contributed by atoms with Gasteiger partial charge in [-0.15, -0.1) is 0 Å². The molecule has 118 valence electrons. The average molecular weight is 378 g/mol. The number of nitrogens with one attached hydrogen (secondary N) is 2. The Kier molecular flexibility index (Phi) is 6.79. The van der Waals surface area contributed by atoms with E-state index in [0.717, 1.165) is 4.47 Å². The Morgan fingerprint density at radius 3 is 2.57 bits per heavy atom.